The number of epoxide rings is 1. The summed E-state index contributed by atoms with van der Waals surface area (Å²) in [6, 6.07) is 0. The van der Waals surface area contributed by atoms with Crippen LogP contribution in [0.15, 0.2) is 0 Å². The molecule has 0 unspecified atom stereocenters. The van der Waals surface area contributed by atoms with Gasteiger partial charge >= 0.3 is 0 Å². The van der Waals surface area contributed by atoms with Crippen LogP contribution in [0.25, 0.3) is 0 Å². The highest BCUT2D eigenvalue weighted by Gasteiger charge is 2.61. The zero-order valence-corrected chi connectivity index (χ0v) is 6.71. The van der Waals surface area contributed by atoms with Gasteiger partial charge in [0.2, 0.25) is 0 Å². The average Bonchev–Trinajstić information content (AvgIpc) is 2.77. The summed E-state index contributed by atoms with van der Waals surface area (Å²) in [5, 5.41) is 0. The number of ether oxygens (including phenoxy) is 2. The summed E-state index contributed by atoms with van der Waals surface area (Å²) in [4.78, 5) is 0. The van der Waals surface area contributed by atoms with Crippen LogP contribution in [0.4, 0.5) is 0 Å². The number of rotatable bonds is 0. The first-order valence-corrected chi connectivity index (χ1v) is 4.70. The molecule has 0 aromatic carbocycles. The minimum absolute atomic E-state index is 0.183. The van der Waals surface area contributed by atoms with Crippen LogP contribution in [-0.2, 0) is 9.47 Å². The van der Waals surface area contributed by atoms with Crippen molar-refractivity contribution in [2.24, 2.45) is 0 Å². The van der Waals surface area contributed by atoms with Gasteiger partial charge in [-0.05, 0) is 12.8 Å². The summed E-state index contributed by atoms with van der Waals surface area (Å²) in [7, 11) is 0. The first kappa shape index (κ1) is 6.44. The van der Waals surface area contributed by atoms with Crippen molar-refractivity contribution >= 4 is 0 Å². The molecule has 0 bridgehead atoms. The number of hydrogen-bond acceptors (Lipinski definition) is 2. The fraction of sp³-hybridized carbons (Fsp3) is 1.00. The Hall–Kier alpha value is -0.0800. The van der Waals surface area contributed by atoms with Crippen LogP contribution in [-0.4, -0.2) is 24.4 Å². The first-order valence-electron chi connectivity index (χ1n) is 4.70. The second-order valence-corrected chi connectivity index (χ2v) is 4.03. The molecule has 0 aromatic rings. The van der Waals surface area contributed by atoms with E-state index in [4.69, 9.17) is 9.47 Å². The maximum Gasteiger partial charge on any atom is 0.115 e. The van der Waals surface area contributed by atoms with Gasteiger partial charge in [-0.2, -0.15) is 0 Å². The number of hydrogen-bond donors (Lipinski definition) is 0. The van der Waals surface area contributed by atoms with Gasteiger partial charge in [-0.25, -0.2) is 0 Å². The Morgan fingerprint density at radius 1 is 1.09 bits per heavy atom. The van der Waals surface area contributed by atoms with Gasteiger partial charge in [0.1, 0.15) is 12.2 Å². The van der Waals surface area contributed by atoms with Crippen molar-refractivity contribution in [3.8, 4) is 0 Å². The molecule has 1 spiro atoms. The van der Waals surface area contributed by atoms with E-state index in [0.717, 1.165) is 6.61 Å². The van der Waals surface area contributed by atoms with Gasteiger partial charge in [0.15, 0.2) is 0 Å². The second-order valence-electron chi connectivity index (χ2n) is 4.03. The van der Waals surface area contributed by atoms with E-state index in [1.807, 2.05) is 0 Å². The topological polar surface area (TPSA) is 21.8 Å². The highest BCUT2D eigenvalue weighted by molar-refractivity contribution is 5.08. The Labute approximate surface area is 66.9 Å². The molecular formula is C9H14O2. The Bertz CT molecular complexity index is 172. The van der Waals surface area contributed by atoms with Crippen molar-refractivity contribution < 1.29 is 9.47 Å². The highest BCUT2D eigenvalue weighted by atomic mass is 16.7. The average molecular weight is 154 g/mol. The van der Waals surface area contributed by atoms with E-state index in [0.29, 0.717) is 12.2 Å². The smallest absolute Gasteiger partial charge is 0.115 e. The molecule has 2 saturated heterocycles. The Morgan fingerprint density at radius 3 is 2.45 bits per heavy atom. The molecule has 0 amide bonds. The lowest BCUT2D eigenvalue weighted by molar-refractivity contribution is -0.0810. The molecule has 0 N–H and O–H groups in total. The lowest BCUT2D eigenvalue weighted by Gasteiger charge is -2.33. The van der Waals surface area contributed by atoms with Crippen LogP contribution >= 0.6 is 0 Å². The fourth-order valence-electron chi connectivity index (χ4n) is 2.64. The van der Waals surface area contributed by atoms with Gasteiger partial charge in [-0.1, -0.05) is 19.3 Å². The minimum atomic E-state index is 0.183. The maximum atomic E-state index is 5.82. The summed E-state index contributed by atoms with van der Waals surface area (Å²) in [6.45, 7) is 0.866. The van der Waals surface area contributed by atoms with Crippen molar-refractivity contribution in [2.75, 3.05) is 6.61 Å². The van der Waals surface area contributed by atoms with Gasteiger partial charge in [0.25, 0.3) is 0 Å². The molecule has 1 saturated carbocycles. The molecule has 62 valence electrons. The predicted molar refractivity (Wildman–Crippen MR) is 40.4 cm³/mol. The van der Waals surface area contributed by atoms with Crippen molar-refractivity contribution in [1.29, 1.82) is 0 Å². The molecule has 2 heteroatoms. The molecule has 3 fully saturated rings. The van der Waals surface area contributed by atoms with Crippen LogP contribution in [0.2, 0.25) is 0 Å². The van der Waals surface area contributed by atoms with Crippen molar-refractivity contribution in [3.05, 3.63) is 0 Å². The quantitative estimate of drug-likeness (QED) is 0.493. The lowest BCUT2D eigenvalue weighted by Crippen LogP contribution is -2.37. The van der Waals surface area contributed by atoms with E-state index in [1.165, 1.54) is 32.1 Å². The Morgan fingerprint density at radius 2 is 1.91 bits per heavy atom. The minimum Gasteiger partial charge on any atom is -0.369 e. The molecule has 2 atom stereocenters. The van der Waals surface area contributed by atoms with E-state index in [1.54, 1.807) is 0 Å². The summed E-state index contributed by atoms with van der Waals surface area (Å²) in [6.07, 6.45) is 7.53. The van der Waals surface area contributed by atoms with E-state index >= 15 is 0 Å². The molecule has 1 aliphatic carbocycles. The molecule has 11 heavy (non-hydrogen) atoms. The van der Waals surface area contributed by atoms with Crippen LogP contribution in [0, 0.1) is 0 Å². The van der Waals surface area contributed by atoms with E-state index in [2.05, 4.69) is 0 Å². The molecule has 3 rings (SSSR count). The normalized spacial score (nSPS) is 45.8. The Kier molecular flexibility index (Phi) is 1.16. The van der Waals surface area contributed by atoms with E-state index in [9.17, 15) is 0 Å². The fourth-order valence-corrected chi connectivity index (χ4v) is 2.64. The van der Waals surface area contributed by atoms with Crippen LogP contribution in [0.3, 0.4) is 0 Å². The lowest BCUT2D eigenvalue weighted by atomic mass is 9.82. The molecule has 0 aromatic heterocycles. The van der Waals surface area contributed by atoms with Crippen molar-refractivity contribution in [2.45, 2.75) is 49.9 Å². The van der Waals surface area contributed by atoms with Gasteiger partial charge < -0.3 is 9.47 Å². The van der Waals surface area contributed by atoms with Gasteiger partial charge in [0.05, 0.1) is 12.2 Å². The summed E-state index contributed by atoms with van der Waals surface area (Å²) >= 11 is 0. The van der Waals surface area contributed by atoms with E-state index < -0.39 is 0 Å². The van der Waals surface area contributed by atoms with Gasteiger partial charge in [0, 0.05) is 0 Å². The summed E-state index contributed by atoms with van der Waals surface area (Å²) in [5.74, 6) is 0. The maximum absolute atomic E-state index is 5.82. The zero-order chi connectivity index (χ0) is 7.31. The standard InChI is InChI=1S/C9H14O2/c1-2-4-9(5-3-1)8-7(11-8)6-10-9/h7-8H,1-6H2/t7-,8-/m0/s1. The molecular weight excluding hydrogens is 140 g/mol. The zero-order valence-electron chi connectivity index (χ0n) is 6.71. The van der Waals surface area contributed by atoms with Crippen molar-refractivity contribution in [3.63, 3.8) is 0 Å². The number of fused-ring (bicyclic) bond motifs is 2. The molecule has 3 aliphatic rings. The van der Waals surface area contributed by atoms with Gasteiger partial charge in [-0.15, -0.1) is 0 Å². The molecule has 0 radical (unpaired) electrons. The molecule has 2 heterocycles. The third-order valence-electron chi connectivity index (χ3n) is 3.34. The van der Waals surface area contributed by atoms with Crippen LogP contribution in [0.5, 0.6) is 0 Å². The third-order valence-corrected chi connectivity index (χ3v) is 3.34. The summed E-state index contributed by atoms with van der Waals surface area (Å²) < 4.78 is 11.3. The monoisotopic (exact) mass is 154 g/mol. The first-order chi connectivity index (χ1) is 5.41. The molecule has 2 nitrogen and oxygen atoms in total. The third kappa shape index (κ3) is 0.798. The van der Waals surface area contributed by atoms with Gasteiger partial charge in [-0.3, -0.25) is 0 Å². The van der Waals surface area contributed by atoms with Crippen LogP contribution in [0.1, 0.15) is 32.1 Å². The molecule has 2 aliphatic heterocycles. The second kappa shape index (κ2) is 1.99. The predicted octanol–water partition coefficient (Wildman–Crippen LogP) is 1.49. The van der Waals surface area contributed by atoms with Crippen molar-refractivity contribution in [1.82, 2.24) is 0 Å². The van der Waals surface area contributed by atoms with E-state index in [-0.39, 0.29) is 5.60 Å². The largest absolute Gasteiger partial charge is 0.369 e. The highest BCUT2D eigenvalue weighted by Crippen LogP contribution is 2.49. The Balaban J connectivity index is 1.81. The SMILES string of the molecule is C1CCC2(CC1)OC[C@@H]1O[C@@H]12. The van der Waals surface area contributed by atoms with Crippen LogP contribution < -0.4 is 0 Å². The summed E-state index contributed by atoms with van der Waals surface area (Å²) in [5.41, 5.74) is 0.183.